The van der Waals surface area contributed by atoms with Crippen LogP contribution in [0.1, 0.15) is 33.1 Å². The number of carbonyl (C=O) groups excluding carboxylic acids is 3. The van der Waals surface area contributed by atoms with Crippen molar-refractivity contribution in [1.82, 2.24) is 4.90 Å². The molecule has 0 aromatic rings. The van der Waals surface area contributed by atoms with Gasteiger partial charge in [-0.05, 0) is 19.3 Å². The first-order valence-electron chi connectivity index (χ1n) is 6.52. The molecule has 1 aliphatic rings. The maximum Gasteiger partial charge on any atom is 0.317 e. The third kappa shape index (κ3) is 3.82. The summed E-state index contributed by atoms with van der Waals surface area (Å²) in [5, 5.41) is 0. The number of ether oxygens (including phenoxy) is 1. The van der Waals surface area contributed by atoms with Gasteiger partial charge in [0.05, 0.1) is 6.61 Å². The topological polar surface area (TPSA) is 63.7 Å². The van der Waals surface area contributed by atoms with E-state index in [4.69, 9.17) is 4.74 Å². The smallest absolute Gasteiger partial charge is 0.317 e. The number of esters is 1. The summed E-state index contributed by atoms with van der Waals surface area (Å²) in [6.45, 7) is 4.82. The van der Waals surface area contributed by atoms with E-state index in [1.54, 1.807) is 11.8 Å². The molecular formula is C13H21NO4. The van der Waals surface area contributed by atoms with Crippen molar-refractivity contribution in [1.29, 1.82) is 0 Å². The summed E-state index contributed by atoms with van der Waals surface area (Å²) in [4.78, 5) is 35.7. The third-order valence-electron chi connectivity index (χ3n) is 3.16. The summed E-state index contributed by atoms with van der Waals surface area (Å²) in [6.07, 6.45) is 3.15. The van der Waals surface area contributed by atoms with E-state index in [1.807, 2.05) is 0 Å². The summed E-state index contributed by atoms with van der Waals surface area (Å²) in [5.74, 6) is -1.00. The van der Waals surface area contributed by atoms with Crippen LogP contribution in [0.5, 0.6) is 0 Å². The van der Waals surface area contributed by atoms with E-state index < -0.39 is 11.9 Å². The molecule has 1 fully saturated rings. The van der Waals surface area contributed by atoms with Crippen molar-refractivity contribution in [2.45, 2.75) is 33.1 Å². The Morgan fingerprint density at radius 3 is 2.83 bits per heavy atom. The second-order valence-corrected chi connectivity index (χ2v) is 4.65. The molecule has 5 nitrogen and oxygen atoms in total. The van der Waals surface area contributed by atoms with Gasteiger partial charge >= 0.3 is 5.97 Å². The Balaban J connectivity index is 2.52. The maximum absolute atomic E-state index is 11.7. The average Bonchev–Trinajstić information content (AvgIpc) is 2.67. The van der Waals surface area contributed by atoms with Crippen molar-refractivity contribution in [2.75, 3.05) is 19.7 Å². The Morgan fingerprint density at radius 1 is 1.56 bits per heavy atom. The lowest BCUT2D eigenvalue weighted by atomic mass is 10.0. The Labute approximate surface area is 107 Å². The first-order chi connectivity index (χ1) is 8.62. The van der Waals surface area contributed by atoms with Crippen LogP contribution in [0.4, 0.5) is 0 Å². The fourth-order valence-corrected chi connectivity index (χ4v) is 2.29. The van der Waals surface area contributed by atoms with Crippen LogP contribution in [0.2, 0.25) is 0 Å². The lowest BCUT2D eigenvalue weighted by Gasteiger charge is -2.19. The lowest BCUT2D eigenvalue weighted by Crippen LogP contribution is -2.36. The minimum atomic E-state index is -0.853. The highest BCUT2D eigenvalue weighted by molar-refractivity contribution is 5.89. The molecule has 0 N–H and O–H groups in total. The predicted octanol–water partition coefficient (Wildman–Crippen LogP) is 1.01. The van der Waals surface area contributed by atoms with Crippen LogP contribution in [0.15, 0.2) is 0 Å². The van der Waals surface area contributed by atoms with Gasteiger partial charge in [0, 0.05) is 19.5 Å². The number of amides is 1. The van der Waals surface area contributed by atoms with E-state index in [-0.39, 0.29) is 19.1 Å². The molecule has 1 saturated heterocycles. The van der Waals surface area contributed by atoms with E-state index in [2.05, 4.69) is 6.92 Å². The molecular weight excluding hydrogens is 234 g/mol. The number of rotatable bonds is 7. The maximum atomic E-state index is 11.7. The number of carbonyl (C=O) groups is 3. The first-order valence-corrected chi connectivity index (χ1v) is 6.52. The van der Waals surface area contributed by atoms with Gasteiger partial charge in [-0.3, -0.25) is 9.59 Å². The second-order valence-electron chi connectivity index (χ2n) is 4.65. The molecule has 5 heteroatoms. The molecule has 1 heterocycles. The molecule has 0 spiro atoms. The highest BCUT2D eigenvalue weighted by Crippen LogP contribution is 2.22. The molecule has 2 unspecified atom stereocenters. The normalized spacial score (nSPS) is 20.9. The van der Waals surface area contributed by atoms with Crippen LogP contribution in [-0.2, 0) is 19.1 Å². The van der Waals surface area contributed by atoms with Gasteiger partial charge in [0.15, 0.2) is 0 Å². The molecule has 18 heavy (non-hydrogen) atoms. The van der Waals surface area contributed by atoms with Crippen LogP contribution in [0, 0.1) is 11.8 Å². The Bertz CT molecular complexity index is 316. The molecule has 1 aliphatic heterocycles. The van der Waals surface area contributed by atoms with E-state index in [1.165, 1.54) is 0 Å². The van der Waals surface area contributed by atoms with Crippen molar-refractivity contribution in [2.24, 2.45) is 11.8 Å². The number of aldehydes is 1. The highest BCUT2D eigenvalue weighted by atomic mass is 16.5. The van der Waals surface area contributed by atoms with E-state index in [0.717, 1.165) is 12.8 Å². The predicted molar refractivity (Wildman–Crippen MR) is 65.8 cm³/mol. The van der Waals surface area contributed by atoms with Crippen molar-refractivity contribution in [3.63, 3.8) is 0 Å². The zero-order valence-corrected chi connectivity index (χ0v) is 11.1. The summed E-state index contributed by atoms with van der Waals surface area (Å²) >= 11 is 0. The zero-order chi connectivity index (χ0) is 13.5. The number of nitrogens with zero attached hydrogens (tertiary/aromatic N) is 1. The summed E-state index contributed by atoms with van der Waals surface area (Å²) in [5.41, 5.74) is 0. The average molecular weight is 255 g/mol. The molecule has 0 aliphatic carbocycles. The number of likely N-dealkylation sites (tertiary alicyclic amines) is 1. The fourth-order valence-electron chi connectivity index (χ4n) is 2.29. The lowest BCUT2D eigenvalue weighted by molar-refractivity contribution is -0.150. The summed E-state index contributed by atoms with van der Waals surface area (Å²) in [6, 6.07) is 0. The van der Waals surface area contributed by atoms with Crippen LogP contribution in [-0.4, -0.2) is 42.8 Å². The second kappa shape index (κ2) is 7.13. The Morgan fingerprint density at radius 2 is 2.28 bits per heavy atom. The molecule has 0 saturated carbocycles. The van der Waals surface area contributed by atoms with Crippen molar-refractivity contribution in [3.05, 3.63) is 0 Å². The first kappa shape index (κ1) is 14.7. The van der Waals surface area contributed by atoms with Gasteiger partial charge in [-0.25, -0.2) is 0 Å². The van der Waals surface area contributed by atoms with Gasteiger partial charge in [-0.15, -0.1) is 0 Å². The van der Waals surface area contributed by atoms with Gasteiger partial charge < -0.3 is 14.4 Å². The van der Waals surface area contributed by atoms with Crippen molar-refractivity contribution in [3.8, 4) is 0 Å². The molecule has 1 rings (SSSR count). The minimum absolute atomic E-state index is 0.0320. The monoisotopic (exact) mass is 255 g/mol. The molecule has 2 atom stereocenters. The van der Waals surface area contributed by atoms with E-state index in [0.29, 0.717) is 25.2 Å². The standard InChI is InChI=1S/C13H21NO4/c1-3-5-10-6-12(16)14(7-10)8-11(9-15)13(17)18-4-2/h9-11H,3-8H2,1-2H3. The molecule has 0 bridgehead atoms. The highest BCUT2D eigenvalue weighted by Gasteiger charge is 2.32. The van der Waals surface area contributed by atoms with Crippen LogP contribution in [0.25, 0.3) is 0 Å². The zero-order valence-electron chi connectivity index (χ0n) is 11.1. The minimum Gasteiger partial charge on any atom is -0.465 e. The Hall–Kier alpha value is -1.39. The molecule has 0 aromatic heterocycles. The van der Waals surface area contributed by atoms with E-state index >= 15 is 0 Å². The Kier molecular flexibility index (Phi) is 5.82. The van der Waals surface area contributed by atoms with Crippen LogP contribution >= 0.6 is 0 Å². The van der Waals surface area contributed by atoms with Crippen molar-refractivity contribution >= 4 is 18.2 Å². The van der Waals surface area contributed by atoms with Gasteiger partial charge in [-0.1, -0.05) is 13.3 Å². The van der Waals surface area contributed by atoms with Crippen LogP contribution < -0.4 is 0 Å². The van der Waals surface area contributed by atoms with E-state index in [9.17, 15) is 14.4 Å². The summed E-state index contributed by atoms with van der Waals surface area (Å²) < 4.78 is 4.81. The van der Waals surface area contributed by atoms with Gasteiger partial charge in [0.2, 0.25) is 5.91 Å². The molecule has 0 radical (unpaired) electrons. The number of hydrogen-bond donors (Lipinski definition) is 0. The van der Waals surface area contributed by atoms with Gasteiger partial charge in [0.25, 0.3) is 0 Å². The quantitative estimate of drug-likeness (QED) is 0.387. The van der Waals surface area contributed by atoms with Gasteiger partial charge in [-0.2, -0.15) is 0 Å². The third-order valence-corrected chi connectivity index (χ3v) is 3.16. The number of hydrogen-bond acceptors (Lipinski definition) is 4. The SMILES string of the molecule is CCCC1CC(=O)N(CC(C=O)C(=O)OCC)C1. The van der Waals surface area contributed by atoms with Crippen LogP contribution in [0.3, 0.4) is 0 Å². The van der Waals surface area contributed by atoms with Crippen molar-refractivity contribution < 1.29 is 19.1 Å². The fraction of sp³-hybridized carbons (Fsp3) is 0.769. The largest absolute Gasteiger partial charge is 0.465 e. The molecule has 102 valence electrons. The summed E-state index contributed by atoms with van der Waals surface area (Å²) in [7, 11) is 0. The molecule has 1 amide bonds. The molecule has 0 aromatic carbocycles. The van der Waals surface area contributed by atoms with Gasteiger partial charge in [0.1, 0.15) is 12.2 Å².